The fourth-order valence-corrected chi connectivity index (χ4v) is 3.55. The number of anilines is 2. The van der Waals surface area contributed by atoms with E-state index in [9.17, 15) is 24.4 Å². The third-order valence-corrected chi connectivity index (χ3v) is 5.28. The monoisotopic (exact) mass is 488 g/mol. The molecule has 0 unspecified atom stereocenters. The molecule has 12 heteroatoms. The van der Waals surface area contributed by atoms with Crippen LogP contribution in [-0.2, 0) is 14.3 Å². The normalized spacial score (nSPS) is 10.6. The van der Waals surface area contributed by atoms with E-state index >= 15 is 0 Å². The molecule has 0 radical (unpaired) electrons. The first kappa shape index (κ1) is 24.0. The second-order valence-electron chi connectivity index (χ2n) is 7.70. The van der Waals surface area contributed by atoms with Crippen molar-refractivity contribution in [3.8, 4) is 17.5 Å². The second-order valence-corrected chi connectivity index (χ2v) is 7.70. The molecule has 4 aromatic rings. The van der Waals surface area contributed by atoms with Crippen LogP contribution in [0.4, 0.5) is 11.4 Å². The molecule has 2 aromatic heterocycles. The molecular weight excluding hydrogens is 468 g/mol. The molecule has 36 heavy (non-hydrogen) atoms. The summed E-state index contributed by atoms with van der Waals surface area (Å²) in [6.07, 6.45) is 0.613. The zero-order chi connectivity index (χ0) is 25.7. The van der Waals surface area contributed by atoms with E-state index < -0.39 is 11.7 Å². The molecule has 0 bridgehead atoms. The first-order chi connectivity index (χ1) is 17.4. The van der Waals surface area contributed by atoms with E-state index in [2.05, 4.69) is 35.0 Å². The molecule has 0 fully saturated rings. The van der Waals surface area contributed by atoms with E-state index in [0.29, 0.717) is 39.8 Å². The Morgan fingerprint density at radius 2 is 1.92 bits per heavy atom. The third-order valence-electron chi connectivity index (χ3n) is 5.28. The minimum absolute atomic E-state index is 0.0567. The highest BCUT2D eigenvalue weighted by molar-refractivity contribution is 6.09. The number of carbonyl (C=O) groups is 3. The number of aromatic nitrogens is 3. The topological polar surface area (TPSA) is 183 Å². The number of hydrogen-bond acceptors (Lipinski definition) is 8. The number of rotatable bonds is 8. The van der Waals surface area contributed by atoms with Gasteiger partial charge in [0.05, 0.1) is 35.6 Å². The van der Waals surface area contributed by atoms with Crippen molar-refractivity contribution >= 4 is 40.1 Å². The highest BCUT2D eigenvalue weighted by Crippen LogP contribution is 2.28. The average molecular weight is 488 g/mol. The fraction of sp³-hybridized carbons (Fsp3) is 0.167. The number of fused-ring (bicyclic) bond motifs is 1. The first-order valence-corrected chi connectivity index (χ1v) is 10.8. The number of ether oxygens (including phenoxy) is 1. The number of benzene rings is 2. The van der Waals surface area contributed by atoms with Crippen LogP contribution in [0.2, 0.25) is 0 Å². The summed E-state index contributed by atoms with van der Waals surface area (Å²) in [4.78, 5) is 53.4. The molecule has 12 nitrogen and oxygen atoms in total. The fourth-order valence-electron chi connectivity index (χ4n) is 3.55. The molecule has 2 heterocycles. The van der Waals surface area contributed by atoms with Gasteiger partial charge in [0.25, 0.3) is 5.91 Å². The number of carbonyl (C=O) groups excluding carboxylic acids is 3. The molecular formula is C24H20N6O6. The number of esters is 1. The molecule has 0 aliphatic heterocycles. The van der Waals surface area contributed by atoms with Gasteiger partial charge in [0.2, 0.25) is 5.91 Å². The second kappa shape index (κ2) is 10.4. The Kier molecular flexibility index (Phi) is 6.92. The van der Waals surface area contributed by atoms with E-state index in [1.165, 1.54) is 25.3 Å². The third kappa shape index (κ3) is 5.31. The van der Waals surface area contributed by atoms with Crippen molar-refractivity contribution in [2.45, 2.75) is 19.3 Å². The molecule has 0 atom stereocenters. The van der Waals surface area contributed by atoms with E-state index in [-0.39, 0.29) is 36.2 Å². The molecule has 0 aliphatic rings. The number of nitrogens with zero attached hydrogens (tertiary/aromatic N) is 2. The number of nitriles is 1. The van der Waals surface area contributed by atoms with Crippen LogP contribution in [0.1, 0.15) is 35.3 Å². The number of H-pyrrole nitrogens is 2. The van der Waals surface area contributed by atoms with Gasteiger partial charge < -0.3 is 20.4 Å². The Hall–Kier alpha value is -5.18. The molecule has 0 saturated heterocycles. The molecule has 0 aliphatic carbocycles. The highest BCUT2D eigenvalue weighted by Gasteiger charge is 2.17. The summed E-state index contributed by atoms with van der Waals surface area (Å²) < 4.78 is 9.11. The van der Waals surface area contributed by atoms with Crippen molar-refractivity contribution < 1.29 is 23.6 Å². The maximum atomic E-state index is 13.0. The van der Waals surface area contributed by atoms with Gasteiger partial charge in [0, 0.05) is 23.8 Å². The Bertz CT molecular complexity index is 1560. The number of methoxy groups -OCH3 is 1. The summed E-state index contributed by atoms with van der Waals surface area (Å²) >= 11 is 0. The quantitative estimate of drug-likeness (QED) is 0.273. The van der Waals surface area contributed by atoms with Crippen molar-refractivity contribution in [2.24, 2.45) is 0 Å². The van der Waals surface area contributed by atoms with Crippen LogP contribution in [0.15, 0.2) is 51.8 Å². The molecule has 182 valence electrons. The Balaban J connectivity index is 1.54. The minimum atomic E-state index is -0.778. The predicted octanol–water partition coefficient (Wildman–Crippen LogP) is 2.92. The van der Waals surface area contributed by atoms with Gasteiger partial charge in [-0.3, -0.25) is 23.9 Å². The van der Waals surface area contributed by atoms with Crippen LogP contribution in [0, 0.1) is 11.3 Å². The molecule has 2 aromatic carbocycles. The van der Waals surface area contributed by atoms with Crippen LogP contribution >= 0.6 is 0 Å². The predicted molar refractivity (Wildman–Crippen MR) is 128 cm³/mol. The van der Waals surface area contributed by atoms with Gasteiger partial charge >= 0.3 is 11.7 Å². The van der Waals surface area contributed by atoms with Crippen LogP contribution in [0.25, 0.3) is 22.3 Å². The summed E-state index contributed by atoms with van der Waals surface area (Å²) in [5, 5.41) is 19.1. The SMILES string of the molecule is COC(=O)CCCC(=O)Nc1cccc2cc(C(=O)Nc3ccc(C#N)cc3-c3noc(=O)[nH]3)[nH]c12. The number of hydrogen-bond donors (Lipinski definition) is 4. The van der Waals surface area contributed by atoms with Gasteiger partial charge in [0.1, 0.15) is 5.69 Å². The van der Waals surface area contributed by atoms with Crippen molar-refractivity contribution in [3.63, 3.8) is 0 Å². The zero-order valence-electron chi connectivity index (χ0n) is 19.0. The number of amides is 2. The van der Waals surface area contributed by atoms with Gasteiger partial charge in [-0.2, -0.15) is 5.26 Å². The molecule has 4 rings (SSSR count). The van der Waals surface area contributed by atoms with Gasteiger partial charge in [-0.25, -0.2) is 4.79 Å². The molecule has 2 amide bonds. The van der Waals surface area contributed by atoms with Crippen molar-refractivity contribution in [3.05, 3.63) is 64.3 Å². The lowest BCUT2D eigenvalue weighted by Crippen LogP contribution is -2.14. The number of aromatic amines is 2. The first-order valence-electron chi connectivity index (χ1n) is 10.8. The van der Waals surface area contributed by atoms with Crippen LogP contribution < -0.4 is 16.4 Å². The van der Waals surface area contributed by atoms with Crippen molar-refractivity contribution in [2.75, 3.05) is 17.7 Å². The zero-order valence-corrected chi connectivity index (χ0v) is 19.0. The summed E-state index contributed by atoms with van der Waals surface area (Å²) in [5.74, 6) is -1.89. The number of nitrogens with one attached hydrogen (secondary N) is 4. The van der Waals surface area contributed by atoms with Crippen LogP contribution in [0.3, 0.4) is 0 Å². The lowest BCUT2D eigenvalue weighted by Gasteiger charge is -2.09. The standard InChI is InChI=1S/C24H20N6O6/c1-35-20(32)7-3-6-19(31)26-17-5-2-4-14-11-18(27-21(14)17)23(33)28-16-9-8-13(12-25)10-15(16)22-29-24(34)36-30-22/h2,4-5,8-11,27H,3,6-7H2,1H3,(H,26,31)(H,28,33)(H,29,30,34). The Morgan fingerprint density at radius 1 is 1.08 bits per heavy atom. The van der Waals surface area contributed by atoms with Gasteiger partial charge in [-0.05, 0) is 36.8 Å². The van der Waals surface area contributed by atoms with Gasteiger partial charge in [-0.1, -0.05) is 17.3 Å². The lowest BCUT2D eigenvalue weighted by atomic mass is 10.1. The van der Waals surface area contributed by atoms with E-state index in [1.807, 2.05) is 6.07 Å². The molecule has 4 N–H and O–H groups in total. The summed E-state index contributed by atoms with van der Waals surface area (Å²) in [7, 11) is 1.29. The Morgan fingerprint density at radius 3 is 2.64 bits per heavy atom. The minimum Gasteiger partial charge on any atom is -0.469 e. The molecule has 0 saturated carbocycles. The number of para-hydroxylation sites is 1. The Labute approximate surface area is 203 Å². The largest absolute Gasteiger partial charge is 0.469 e. The van der Waals surface area contributed by atoms with E-state index in [0.717, 1.165) is 0 Å². The maximum Gasteiger partial charge on any atom is 0.439 e. The smallest absolute Gasteiger partial charge is 0.439 e. The lowest BCUT2D eigenvalue weighted by molar-refractivity contribution is -0.140. The van der Waals surface area contributed by atoms with Gasteiger partial charge in [-0.15, -0.1) is 0 Å². The van der Waals surface area contributed by atoms with Crippen LogP contribution in [0.5, 0.6) is 0 Å². The van der Waals surface area contributed by atoms with Gasteiger partial charge in [0.15, 0.2) is 5.82 Å². The summed E-state index contributed by atoms with van der Waals surface area (Å²) in [5.41, 5.74) is 2.12. The van der Waals surface area contributed by atoms with E-state index in [1.54, 1.807) is 24.3 Å². The summed E-state index contributed by atoms with van der Waals surface area (Å²) in [6, 6.07) is 13.3. The molecule has 0 spiro atoms. The average Bonchev–Trinajstić information content (AvgIpc) is 3.51. The van der Waals surface area contributed by atoms with Crippen molar-refractivity contribution in [1.29, 1.82) is 5.26 Å². The summed E-state index contributed by atoms with van der Waals surface area (Å²) in [6.45, 7) is 0. The van der Waals surface area contributed by atoms with Crippen molar-refractivity contribution in [1.82, 2.24) is 15.1 Å². The highest BCUT2D eigenvalue weighted by atomic mass is 16.5. The van der Waals surface area contributed by atoms with E-state index in [4.69, 9.17) is 0 Å². The maximum absolute atomic E-state index is 13.0. The van der Waals surface area contributed by atoms with Crippen LogP contribution in [-0.4, -0.2) is 40.0 Å².